The lowest BCUT2D eigenvalue weighted by atomic mass is 10.3. The van der Waals surface area contributed by atoms with E-state index in [0.29, 0.717) is 0 Å². The molecule has 78 valence electrons. The molecule has 0 saturated carbocycles. The molecule has 0 unspecified atom stereocenters. The molecule has 1 saturated heterocycles. The van der Waals surface area contributed by atoms with E-state index in [1.54, 1.807) is 0 Å². The van der Waals surface area contributed by atoms with Gasteiger partial charge in [0, 0.05) is 24.5 Å². The number of aromatic nitrogens is 2. The van der Waals surface area contributed by atoms with Crippen LogP contribution in [-0.4, -0.2) is 23.1 Å². The van der Waals surface area contributed by atoms with Crippen LogP contribution in [0.5, 0.6) is 0 Å². The summed E-state index contributed by atoms with van der Waals surface area (Å²) in [5, 5.41) is 0. The normalized spacial score (nSPS) is 15.4. The highest BCUT2D eigenvalue weighted by atomic mass is 35.5. The van der Waals surface area contributed by atoms with E-state index in [-0.39, 0.29) is 12.4 Å². The van der Waals surface area contributed by atoms with Crippen LogP contribution in [0.1, 0.15) is 24.2 Å². The number of rotatable bonds is 1. The topological polar surface area (TPSA) is 29.0 Å². The minimum absolute atomic E-state index is 0. The largest absolute Gasteiger partial charge is 0.341 e. The lowest BCUT2D eigenvalue weighted by Crippen LogP contribution is -2.20. The lowest BCUT2D eigenvalue weighted by Gasteiger charge is -2.15. The summed E-state index contributed by atoms with van der Waals surface area (Å²) in [6, 6.07) is 2.01. The van der Waals surface area contributed by atoms with Crippen LogP contribution in [0.25, 0.3) is 0 Å². The fourth-order valence-corrected chi connectivity index (χ4v) is 1.77. The van der Waals surface area contributed by atoms with Crippen LogP contribution < -0.4 is 4.90 Å². The quantitative estimate of drug-likeness (QED) is 0.716. The Hall–Kier alpha value is -0.830. The molecule has 0 bridgehead atoms. The molecule has 2 rings (SSSR count). The first-order valence-electron chi connectivity index (χ1n) is 4.83. The first-order chi connectivity index (χ1) is 6.25. The molecule has 1 aliphatic rings. The highest BCUT2D eigenvalue weighted by Gasteiger charge is 2.14. The number of halogens is 1. The fraction of sp³-hybridized carbons (Fsp3) is 0.600. The minimum atomic E-state index is 0. The fourth-order valence-electron chi connectivity index (χ4n) is 1.77. The third-order valence-electron chi connectivity index (χ3n) is 2.36. The van der Waals surface area contributed by atoms with Crippen LogP contribution in [0.2, 0.25) is 0 Å². The van der Waals surface area contributed by atoms with Crippen molar-refractivity contribution >= 4 is 18.4 Å². The predicted molar refractivity (Wildman–Crippen MR) is 60.2 cm³/mol. The third kappa shape index (κ3) is 2.35. The Bertz CT molecular complexity index is 288. The first-order valence-corrected chi connectivity index (χ1v) is 4.83. The Morgan fingerprint density at radius 2 is 1.57 bits per heavy atom. The van der Waals surface area contributed by atoms with Crippen molar-refractivity contribution in [3.8, 4) is 0 Å². The van der Waals surface area contributed by atoms with Gasteiger partial charge in [-0.25, -0.2) is 9.97 Å². The van der Waals surface area contributed by atoms with Crippen LogP contribution in [0.4, 0.5) is 5.95 Å². The lowest BCUT2D eigenvalue weighted by molar-refractivity contribution is 0.878. The van der Waals surface area contributed by atoms with Crippen LogP contribution >= 0.6 is 12.4 Å². The van der Waals surface area contributed by atoms with Gasteiger partial charge in [-0.2, -0.15) is 0 Å². The standard InChI is InChI=1S/C10H15N3.ClH/c1-8-7-9(2)12-10(11-8)13-5-3-4-6-13;/h7H,3-6H2,1-2H3;1H. The van der Waals surface area contributed by atoms with Gasteiger partial charge in [0.05, 0.1) is 0 Å². The molecular formula is C10H16ClN3. The molecule has 0 amide bonds. The van der Waals surface area contributed by atoms with Crippen molar-refractivity contribution in [3.63, 3.8) is 0 Å². The molecule has 2 heterocycles. The van der Waals surface area contributed by atoms with Crippen molar-refractivity contribution in [1.82, 2.24) is 9.97 Å². The van der Waals surface area contributed by atoms with Crippen molar-refractivity contribution in [2.75, 3.05) is 18.0 Å². The second-order valence-corrected chi connectivity index (χ2v) is 3.64. The van der Waals surface area contributed by atoms with Crippen LogP contribution in [0, 0.1) is 13.8 Å². The Morgan fingerprint density at radius 1 is 1.07 bits per heavy atom. The molecule has 1 aliphatic heterocycles. The molecule has 0 spiro atoms. The zero-order valence-corrected chi connectivity index (χ0v) is 9.47. The second kappa shape index (κ2) is 4.60. The summed E-state index contributed by atoms with van der Waals surface area (Å²) in [6.07, 6.45) is 2.55. The molecule has 3 nitrogen and oxygen atoms in total. The van der Waals surface area contributed by atoms with Gasteiger partial charge in [0.15, 0.2) is 0 Å². The van der Waals surface area contributed by atoms with Crippen molar-refractivity contribution in [3.05, 3.63) is 17.5 Å². The number of aryl methyl sites for hydroxylation is 2. The van der Waals surface area contributed by atoms with E-state index in [2.05, 4.69) is 14.9 Å². The molecule has 0 aromatic carbocycles. The van der Waals surface area contributed by atoms with Crippen molar-refractivity contribution in [2.24, 2.45) is 0 Å². The molecule has 0 radical (unpaired) electrons. The Labute approximate surface area is 91.0 Å². The van der Waals surface area contributed by atoms with Crippen molar-refractivity contribution in [2.45, 2.75) is 26.7 Å². The van der Waals surface area contributed by atoms with Crippen molar-refractivity contribution in [1.29, 1.82) is 0 Å². The van der Waals surface area contributed by atoms with Gasteiger partial charge < -0.3 is 4.90 Å². The summed E-state index contributed by atoms with van der Waals surface area (Å²) < 4.78 is 0. The van der Waals surface area contributed by atoms with Crippen LogP contribution in [-0.2, 0) is 0 Å². The number of hydrogen-bond donors (Lipinski definition) is 0. The summed E-state index contributed by atoms with van der Waals surface area (Å²) in [5.41, 5.74) is 2.13. The Balaban J connectivity index is 0.000000980. The van der Waals surface area contributed by atoms with Gasteiger partial charge in [-0.1, -0.05) is 0 Å². The zero-order chi connectivity index (χ0) is 9.26. The van der Waals surface area contributed by atoms with Gasteiger partial charge in [-0.05, 0) is 32.8 Å². The van der Waals surface area contributed by atoms with Gasteiger partial charge in [0.2, 0.25) is 5.95 Å². The summed E-state index contributed by atoms with van der Waals surface area (Å²) in [6.45, 7) is 6.27. The summed E-state index contributed by atoms with van der Waals surface area (Å²) in [7, 11) is 0. The predicted octanol–water partition coefficient (Wildman–Crippen LogP) is 2.12. The monoisotopic (exact) mass is 213 g/mol. The number of nitrogens with zero attached hydrogens (tertiary/aromatic N) is 3. The first kappa shape index (κ1) is 11.2. The van der Waals surface area contributed by atoms with E-state index in [4.69, 9.17) is 0 Å². The molecule has 0 aliphatic carbocycles. The maximum absolute atomic E-state index is 4.43. The average Bonchev–Trinajstić information content (AvgIpc) is 2.53. The SMILES string of the molecule is Cc1cc(C)nc(N2CCCC2)n1.Cl. The van der Waals surface area contributed by atoms with Crippen LogP contribution in [0.15, 0.2) is 6.07 Å². The maximum atomic E-state index is 4.43. The van der Waals surface area contributed by atoms with E-state index in [9.17, 15) is 0 Å². The highest BCUT2D eigenvalue weighted by molar-refractivity contribution is 5.85. The average molecular weight is 214 g/mol. The van der Waals surface area contributed by atoms with E-state index < -0.39 is 0 Å². The smallest absolute Gasteiger partial charge is 0.225 e. The van der Waals surface area contributed by atoms with Crippen molar-refractivity contribution < 1.29 is 0 Å². The van der Waals surface area contributed by atoms with Gasteiger partial charge in [0.25, 0.3) is 0 Å². The molecule has 0 N–H and O–H groups in total. The summed E-state index contributed by atoms with van der Waals surface area (Å²) >= 11 is 0. The zero-order valence-electron chi connectivity index (χ0n) is 8.66. The number of anilines is 1. The molecule has 1 aromatic rings. The Morgan fingerprint density at radius 3 is 2.07 bits per heavy atom. The van der Waals surface area contributed by atoms with Gasteiger partial charge >= 0.3 is 0 Å². The molecule has 0 atom stereocenters. The second-order valence-electron chi connectivity index (χ2n) is 3.64. The van der Waals surface area contributed by atoms with Gasteiger partial charge in [0.1, 0.15) is 0 Å². The third-order valence-corrected chi connectivity index (χ3v) is 2.36. The summed E-state index contributed by atoms with van der Waals surface area (Å²) in [5.74, 6) is 0.912. The number of hydrogen-bond acceptors (Lipinski definition) is 3. The van der Waals surface area contributed by atoms with E-state index in [1.807, 2.05) is 19.9 Å². The molecule has 1 aromatic heterocycles. The van der Waals surface area contributed by atoms with E-state index in [0.717, 1.165) is 30.4 Å². The molecule has 14 heavy (non-hydrogen) atoms. The van der Waals surface area contributed by atoms with Gasteiger partial charge in [-0.3, -0.25) is 0 Å². The Kier molecular flexibility index (Phi) is 3.69. The summed E-state index contributed by atoms with van der Waals surface area (Å²) in [4.78, 5) is 11.1. The molecule has 4 heteroatoms. The van der Waals surface area contributed by atoms with Gasteiger partial charge in [-0.15, -0.1) is 12.4 Å². The van der Waals surface area contributed by atoms with Crippen LogP contribution in [0.3, 0.4) is 0 Å². The maximum Gasteiger partial charge on any atom is 0.225 e. The van der Waals surface area contributed by atoms with E-state index >= 15 is 0 Å². The van der Waals surface area contributed by atoms with E-state index in [1.165, 1.54) is 12.8 Å². The molecule has 1 fully saturated rings. The molecular weight excluding hydrogens is 198 g/mol. The highest BCUT2D eigenvalue weighted by Crippen LogP contribution is 2.15. The minimum Gasteiger partial charge on any atom is -0.341 e.